The van der Waals surface area contributed by atoms with Crippen molar-refractivity contribution in [3.05, 3.63) is 93.2 Å². The molecular weight excluding hydrogens is 334 g/mol. The van der Waals surface area contributed by atoms with E-state index < -0.39 is 5.54 Å². The maximum Gasteiger partial charge on any atom is 0.248 e. The number of pyridine rings is 2. The smallest absolute Gasteiger partial charge is 0.248 e. The lowest BCUT2D eigenvalue weighted by atomic mass is 9.63. The summed E-state index contributed by atoms with van der Waals surface area (Å²) in [4.78, 5) is 24.1. The van der Waals surface area contributed by atoms with Crippen molar-refractivity contribution in [2.24, 2.45) is 10.9 Å². The Bertz CT molecular complexity index is 1030. The molecule has 0 amide bonds. The number of aromatic amines is 1. The maximum atomic E-state index is 11.9. The molecule has 0 aromatic carbocycles. The van der Waals surface area contributed by atoms with Crippen molar-refractivity contribution in [1.29, 1.82) is 0 Å². The van der Waals surface area contributed by atoms with Crippen LogP contribution in [-0.4, -0.2) is 16.2 Å². The van der Waals surface area contributed by atoms with Crippen molar-refractivity contribution in [3.8, 4) is 0 Å². The molecule has 2 aromatic rings. The Hall–Kier alpha value is -3.01. The number of nitrogens with one attached hydrogen (secondary N) is 1. The van der Waals surface area contributed by atoms with Crippen molar-refractivity contribution < 1.29 is 0 Å². The van der Waals surface area contributed by atoms with Crippen molar-refractivity contribution in [3.63, 3.8) is 0 Å². The zero-order valence-electron chi connectivity index (χ0n) is 15.6. The highest BCUT2D eigenvalue weighted by Crippen LogP contribution is 2.51. The minimum Gasteiger partial charge on any atom is -0.326 e. The van der Waals surface area contributed by atoms with Crippen molar-refractivity contribution in [2.75, 3.05) is 0 Å². The fraction of sp³-hybridized carbons (Fsp3) is 0.261. The molecule has 4 heteroatoms. The highest BCUT2D eigenvalue weighted by Gasteiger charge is 2.46. The van der Waals surface area contributed by atoms with E-state index in [0.29, 0.717) is 0 Å². The summed E-state index contributed by atoms with van der Waals surface area (Å²) < 4.78 is 0. The Morgan fingerprint density at radius 3 is 3.00 bits per heavy atom. The number of rotatable bonds is 3. The summed E-state index contributed by atoms with van der Waals surface area (Å²) in [5.74, 6) is 0.286. The van der Waals surface area contributed by atoms with E-state index in [9.17, 15) is 4.79 Å². The van der Waals surface area contributed by atoms with Crippen molar-refractivity contribution in [2.45, 2.75) is 32.2 Å². The van der Waals surface area contributed by atoms with Crippen LogP contribution in [0.15, 0.2) is 75.8 Å². The molecule has 0 saturated heterocycles. The highest BCUT2D eigenvalue weighted by atomic mass is 16.1. The van der Waals surface area contributed by atoms with Gasteiger partial charge in [0, 0.05) is 48.3 Å². The van der Waals surface area contributed by atoms with Crippen LogP contribution >= 0.6 is 0 Å². The predicted molar refractivity (Wildman–Crippen MR) is 110 cm³/mol. The Labute approximate surface area is 159 Å². The topological polar surface area (TPSA) is 58.1 Å². The normalized spacial score (nSPS) is 25.8. The van der Waals surface area contributed by atoms with Gasteiger partial charge >= 0.3 is 0 Å². The average Bonchev–Trinajstić information content (AvgIpc) is 2.65. The van der Waals surface area contributed by atoms with Crippen LogP contribution in [0.4, 0.5) is 0 Å². The van der Waals surface area contributed by atoms with Gasteiger partial charge in [-0.3, -0.25) is 14.8 Å². The van der Waals surface area contributed by atoms with E-state index in [1.54, 1.807) is 12.3 Å². The summed E-state index contributed by atoms with van der Waals surface area (Å²) in [6, 6.07) is 7.50. The molecule has 0 aliphatic heterocycles. The molecule has 2 aromatic heterocycles. The van der Waals surface area contributed by atoms with E-state index in [1.807, 2.05) is 42.8 Å². The number of aliphatic imine (C=N–C) groups is 1. The molecule has 2 heterocycles. The summed E-state index contributed by atoms with van der Waals surface area (Å²) in [7, 11) is 0. The van der Waals surface area contributed by atoms with Gasteiger partial charge in [-0.2, -0.15) is 0 Å². The van der Waals surface area contributed by atoms with Gasteiger partial charge < -0.3 is 4.98 Å². The molecule has 1 N–H and O–H groups in total. The van der Waals surface area contributed by atoms with Gasteiger partial charge in [0.2, 0.25) is 5.56 Å². The number of aromatic nitrogens is 2. The Balaban J connectivity index is 1.79. The third-order valence-corrected chi connectivity index (χ3v) is 5.43. The minimum atomic E-state index is -0.435. The van der Waals surface area contributed by atoms with E-state index in [4.69, 9.17) is 4.99 Å². The molecule has 0 fully saturated rings. The molecule has 27 heavy (non-hydrogen) atoms. The van der Waals surface area contributed by atoms with Gasteiger partial charge in [0.05, 0.1) is 0 Å². The number of allylic oxidation sites excluding steroid dienone is 3. The SMILES string of the molecule is C/C=C1\[C@H]2C=C(C)C[C@]1(N=CC=Cc1cccnc1)c1ccc(=O)[nH]c1C2. The van der Waals surface area contributed by atoms with Crippen LogP contribution < -0.4 is 5.56 Å². The largest absolute Gasteiger partial charge is 0.326 e. The summed E-state index contributed by atoms with van der Waals surface area (Å²) in [5, 5.41) is 0. The summed E-state index contributed by atoms with van der Waals surface area (Å²) in [6.45, 7) is 4.26. The van der Waals surface area contributed by atoms with Crippen LogP contribution in [0.2, 0.25) is 0 Å². The van der Waals surface area contributed by atoms with E-state index in [1.165, 1.54) is 11.1 Å². The van der Waals surface area contributed by atoms with Crippen LogP contribution in [-0.2, 0) is 12.0 Å². The highest BCUT2D eigenvalue weighted by molar-refractivity contribution is 5.79. The molecule has 4 nitrogen and oxygen atoms in total. The zero-order valence-corrected chi connectivity index (χ0v) is 15.6. The lowest BCUT2D eigenvalue weighted by Gasteiger charge is -2.45. The molecule has 4 rings (SSSR count). The number of hydrogen-bond acceptors (Lipinski definition) is 3. The molecule has 2 aliphatic carbocycles. The number of hydrogen-bond donors (Lipinski definition) is 1. The first-order valence-electron chi connectivity index (χ1n) is 9.31. The lowest BCUT2D eigenvalue weighted by molar-refractivity contribution is 0.413. The van der Waals surface area contributed by atoms with E-state index in [-0.39, 0.29) is 11.5 Å². The van der Waals surface area contributed by atoms with Crippen LogP contribution in [0.5, 0.6) is 0 Å². The molecule has 0 radical (unpaired) electrons. The first kappa shape index (κ1) is 17.4. The quantitative estimate of drug-likeness (QED) is 0.660. The monoisotopic (exact) mass is 357 g/mol. The molecule has 2 bridgehead atoms. The third kappa shape index (κ3) is 3.12. The molecule has 136 valence electrons. The first-order valence-corrected chi connectivity index (χ1v) is 9.31. The van der Waals surface area contributed by atoms with Gasteiger partial charge in [0.1, 0.15) is 5.54 Å². The molecule has 2 atom stereocenters. The predicted octanol–water partition coefficient (Wildman–Crippen LogP) is 4.22. The Kier molecular flexibility index (Phi) is 4.48. The van der Waals surface area contributed by atoms with Gasteiger partial charge in [-0.25, -0.2) is 0 Å². The molecule has 0 spiro atoms. The minimum absolute atomic E-state index is 0.0490. The maximum absolute atomic E-state index is 11.9. The van der Waals surface area contributed by atoms with Crippen LogP contribution in [0.25, 0.3) is 6.08 Å². The van der Waals surface area contributed by atoms with Gasteiger partial charge in [-0.1, -0.05) is 29.9 Å². The van der Waals surface area contributed by atoms with E-state index >= 15 is 0 Å². The second kappa shape index (κ2) is 6.95. The molecule has 0 unspecified atom stereocenters. The summed E-state index contributed by atoms with van der Waals surface area (Å²) in [6.07, 6.45) is 15.6. The van der Waals surface area contributed by atoms with Gasteiger partial charge in [-0.05, 0) is 49.6 Å². The van der Waals surface area contributed by atoms with Crippen LogP contribution in [0, 0.1) is 5.92 Å². The second-order valence-electron chi connectivity index (χ2n) is 7.24. The summed E-state index contributed by atoms with van der Waals surface area (Å²) >= 11 is 0. The van der Waals surface area contributed by atoms with Crippen molar-refractivity contribution in [1.82, 2.24) is 9.97 Å². The number of fused-ring (bicyclic) bond motifs is 4. The van der Waals surface area contributed by atoms with Crippen molar-refractivity contribution >= 4 is 12.3 Å². The van der Waals surface area contributed by atoms with E-state index in [0.717, 1.165) is 29.7 Å². The summed E-state index contributed by atoms with van der Waals surface area (Å²) in [5.41, 5.74) is 5.34. The zero-order chi connectivity index (χ0) is 18.9. The second-order valence-corrected chi connectivity index (χ2v) is 7.24. The molecular formula is C23H23N3O. The van der Waals surface area contributed by atoms with Gasteiger partial charge in [-0.15, -0.1) is 0 Å². The van der Waals surface area contributed by atoms with Crippen LogP contribution in [0.3, 0.4) is 0 Å². The Morgan fingerprint density at radius 2 is 2.22 bits per heavy atom. The average molecular weight is 357 g/mol. The Morgan fingerprint density at radius 1 is 1.33 bits per heavy atom. The first-order chi connectivity index (χ1) is 13.1. The number of H-pyrrole nitrogens is 1. The van der Waals surface area contributed by atoms with E-state index in [2.05, 4.69) is 36.0 Å². The standard InChI is InChI=1S/C23H23N3O/c1-3-19-18-12-16(2)14-23(19,20-8-9-22(27)26-21(20)13-18)25-11-5-7-17-6-4-10-24-15-17/h3-12,15,18H,13-14H2,1-2H3,(H,26,27)/b7-5?,19-3+,25-11?/t18-,23+/m0/s1. The van der Waals surface area contributed by atoms with Crippen LogP contribution in [0.1, 0.15) is 37.1 Å². The molecule has 0 saturated carbocycles. The molecule has 2 aliphatic rings. The van der Waals surface area contributed by atoms with Gasteiger partial charge in [0.25, 0.3) is 0 Å². The van der Waals surface area contributed by atoms with Gasteiger partial charge in [0.15, 0.2) is 0 Å². The fourth-order valence-corrected chi connectivity index (χ4v) is 4.45. The number of nitrogens with zero attached hydrogens (tertiary/aromatic N) is 2. The third-order valence-electron chi connectivity index (χ3n) is 5.43. The lowest BCUT2D eigenvalue weighted by Crippen LogP contribution is -2.40. The fourth-order valence-electron chi connectivity index (χ4n) is 4.45.